The smallest absolute Gasteiger partial charge is 0.756 e. The number of phosphoric acid groups is 2. The molecule has 8 atom stereocenters. The molecule has 0 aliphatic rings. The van der Waals surface area contributed by atoms with Gasteiger partial charge in [0.1, 0.15) is 12.2 Å². The molecule has 0 bridgehead atoms. The van der Waals surface area contributed by atoms with Crippen molar-refractivity contribution in [3.8, 4) is 0 Å². The van der Waals surface area contributed by atoms with Crippen molar-refractivity contribution in [1.29, 1.82) is 0 Å². The van der Waals surface area contributed by atoms with Crippen LogP contribution in [0.1, 0.15) is 408 Å². The molecule has 0 aromatic rings. The predicted molar refractivity (Wildman–Crippen MR) is 435 cm³/mol. The number of amides is 4. The monoisotopic (exact) mass is 1640 g/mol. The maximum Gasteiger partial charge on any atom is 1.00 e. The Balaban J connectivity index is -0.0000583. The van der Waals surface area contributed by atoms with Gasteiger partial charge >= 0.3 is 77.1 Å². The van der Waals surface area contributed by atoms with Crippen molar-refractivity contribution in [2.75, 3.05) is 65.9 Å². The van der Waals surface area contributed by atoms with E-state index < -0.39 is 84.2 Å². The molecule has 6 N–H and O–H groups in total. The van der Waals surface area contributed by atoms with Gasteiger partial charge in [-0.3, -0.25) is 28.3 Å². The fraction of sp³-hybridized carbons (Fsp3) is 0.940. The van der Waals surface area contributed by atoms with Crippen LogP contribution in [0, 0.1) is 0 Å². The molecule has 0 saturated heterocycles. The number of nitrogens with one attached hydrogen (secondary N) is 4. The van der Waals surface area contributed by atoms with Crippen molar-refractivity contribution in [1.82, 2.24) is 21.3 Å². The van der Waals surface area contributed by atoms with Crippen LogP contribution >= 0.6 is 15.6 Å². The molecule has 27 heteroatoms. The summed E-state index contributed by atoms with van der Waals surface area (Å²) in [6.45, 7) is 10.3. The van der Waals surface area contributed by atoms with Crippen LogP contribution in [0.4, 0.5) is 4.79 Å². The molecule has 8 unspecified atom stereocenters. The standard InChI is InChI=1S/C84H166N4O19P2.2Na/c1-7-13-19-25-29-33-37-39-45-49-55-77(90)69-81(92)88-75(71-101-65-61-79(57-51-43-24-18-12-6)107-83(94)59-53-47-41-36-32-28-22-16-10-4)73-105-109(98,99)103-67-63-86-84(95)85-62-66-102-108(96,97)104-72-74(87-80(91)68-76(89)54-48-44-38-34-30-26-20-14-8-2)70-100-64-60-78(56-50-42-23-17-11-5)106-82(93)58-52-46-40-35-31-27-21-15-9-3;;/h74-79,89-90H,7-73H2,1-6H3,(H,87,91)(H,88,92)(H,96,97)(H,98,99)(H2,85,86,95);;/q;2*+1/p-2. The molecule has 111 heavy (non-hydrogen) atoms. The Morgan fingerprint density at radius 3 is 0.856 bits per heavy atom. The van der Waals surface area contributed by atoms with Crippen molar-refractivity contribution >= 4 is 45.4 Å². The Morgan fingerprint density at radius 1 is 0.324 bits per heavy atom. The Bertz CT molecular complexity index is 2210. The van der Waals surface area contributed by atoms with Crippen LogP contribution in [0.3, 0.4) is 0 Å². The first-order valence-corrected chi connectivity index (χ1v) is 47.4. The Hall–Kier alpha value is -0.790. The van der Waals surface area contributed by atoms with Gasteiger partial charge in [-0.25, -0.2) is 4.79 Å². The van der Waals surface area contributed by atoms with E-state index in [4.69, 9.17) is 37.0 Å². The van der Waals surface area contributed by atoms with Gasteiger partial charge in [0.05, 0.1) is 90.0 Å². The number of unbranched alkanes of at least 4 members (excludes halogenated alkanes) is 41. The van der Waals surface area contributed by atoms with Crippen molar-refractivity contribution in [2.24, 2.45) is 0 Å². The summed E-state index contributed by atoms with van der Waals surface area (Å²) < 4.78 is 70.7. The van der Waals surface area contributed by atoms with Gasteiger partial charge < -0.3 is 78.3 Å². The van der Waals surface area contributed by atoms with Crippen molar-refractivity contribution in [2.45, 2.75) is 444 Å². The molecule has 0 spiro atoms. The molecule has 646 valence electrons. The summed E-state index contributed by atoms with van der Waals surface area (Å²) in [5.41, 5.74) is 0. The third-order valence-corrected chi connectivity index (χ3v) is 21.8. The summed E-state index contributed by atoms with van der Waals surface area (Å²) in [6, 6.07) is -2.76. The van der Waals surface area contributed by atoms with E-state index in [1.807, 2.05) is 0 Å². The van der Waals surface area contributed by atoms with Gasteiger partial charge in [0.2, 0.25) is 11.8 Å². The van der Waals surface area contributed by atoms with Gasteiger partial charge in [-0.1, -0.05) is 318 Å². The minimum Gasteiger partial charge on any atom is -0.756 e. The van der Waals surface area contributed by atoms with Crippen LogP contribution in [0.15, 0.2) is 0 Å². The topological polar surface area (TPSA) is 328 Å². The van der Waals surface area contributed by atoms with E-state index in [1.165, 1.54) is 148 Å². The van der Waals surface area contributed by atoms with Crippen LogP contribution in [0.5, 0.6) is 0 Å². The second-order valence-electron chi connectivity index (χ2n) is 30.7. The van der Waals surface area contributed by atoms with E-state index >= 15 is 0 Å². The maximum atomic E-state index is 13.3. The molecular weight excluding hydrogens is 1480 g/mol. The fourth-order valence-electron chi connectivity index (χ4n) is 13.2. The molecule has 0 aliphatic heterocycles. The third-order valence-electron chi connectivity index (χ3n) is 19.9. The van der Waals surface area contributed by atoms with Gasteiger partial charge in [-0.15, -0.1) is 0 Å². The van der Waals surface area contributed by atoms with Crippen molar-refractivity contribution in [3.63, 3.8) is 0 Å². The Kier molecular flexibility index (Phi) is 86.8. The van der Waals surface area contributed by atoms with Gasteiger partial charge in [0, 0.05) is 38.8 Å². The summed E-state index contributed by atoms with van der Waals surface area (Å²) in [4.78, 5) is 91.6. The molecule has 0 radical (unpaired) electrons. The number of urea groups is 1. The second-order valence-corrected chi connectivity index (χ2v) is 33.5. The minimum atomic E-state index is -5.04. The van der Waals surface area contributed by atoms with Crippen molar-refractivity contribution in [3.05, 3.63) is 0 Å². The number of esters is 2. The normalized spacial score (nSPS) is 14.2. The summed E-state index contributed by atoms with van der Waals surface area (Å²) in [7, 11) is -10.1. The molecule has 23 nitrogen and oxygen atoms in total. The Labute approximate surface area is 720 Å². The second kappa shape index (κ2) is 84.2. The van der Waals surface area contributed by atoms with E-state index in [9.17, 15) is 53.1 Å². The number of carbonyl (C=O) groups excluding carboxylic acids is 5. The predicted octanol–water partition coefficient (Wildman–Crippen LogP) is 13.2. The number of phosphoric ester groups is 2. The fourth-order valence-corrected chi connectivity index (χ4v) is 14.7. The van der Waals surface area contributed by atoms with Crippen LogP contribution in [0.2, 0.25) is 0 Å². The first kappa shape index (κ1) is 114. The largest absolute Gasteiger partial charge is 1.00 e. The SMILES string of the molecule is CCCCCCCCCCCCC(O)CC(=O)NC(COCCC(CCCCCCC)OC(=O)CCCCCCCCCCC)COP(=O)([O-])OCCNC(=O)NCCOP(=O)([O-])OCC(COCCC(CCCCCCC)OC(=O)CCCCCCCCCCC)NC(=O)CC(O)CCCCCCCCCCC.[Na+].[Na+]. The van der Waals surface area contributed by atoms with Crippen LogP contribution in [-0.2, 0) is 65.4 Å². The molecular formula is C84H164N4Na2O19P2. The molecule has 4 amide bonds. The van der Waals surface area contributed by atoms with Crippen molar-refractivity contribution < 1.29 is 149 Å². The number of aliphatic hydroxyl groups excluding tert-OH is 2. The number of aliphatic hydroxyl groups is 2. The average Bonchev–Trinajstić information content (AvgIpc) is 0.911. The third kappa shape index (κ3) is 81.4. The number of carbonyl (C=O) groups is 5. The molecule has 0 rings (SSSR count). The molecule has 0 aromatic carbocycles. The molecule has 0 heterocycles. The molecule has 0 fully saturated rings. The van der Waals surface area contributed by atoms with E-state index in [-0.39, 0.29) is 136 Å². The van der Waals surface area contributed by atoms with E-state index in [1.54, 1.807) is 0 Å². The number of ether oxygens (including phenoxy) is 4. The van der Waals surface area contributed by atoms with Gasteiger partial charge in [-0.2, -0.15) is 0 Å². The first-order valence-electron chi connectivity index (χ1n) is 44.5. The zero-order valence-electron chi connectivity index (χ0n) is 72.1. The Morgan fingerprint density at radius 2 is 0.577 bits per heavy atom. The summed E-state index contributed by atoms with van der Waals surface area (Å²) in [5.74, 6) is -1.49. The number of hydrogen-bond acceptors (Lipinski definition) is 19. The van der Waals surface area contributed by atoms with E-state index in [2.05, 4.69) is 62.8 Å². The van der Waals surface area contributed by atoms with Crippen LogP contribution in [-0.4, -0.2) is 142 Å². The maximum absolute atomic E-state index is 13.3. The van der Waals surface area contributed by atoms with Gasteiger partial charge in [0.15, 0.2) is 0 Å². The summed E-state index contributed by atoms with van der Waals surface area (Å²) >= 11 is 0. The zero-order valence-corrected chi connectivity index (χ0v) is 77.9. The van der Waals surface area contributed by atoms with E-state index in [0.29, 0.717) is 51.4 Å². The number of hydrogen-bond donors (Lipinski definition) is 6. The molecule has 0 saturated carbocycles. The first-order chi connectivity index (χ1) is 52.8. The van der Waals surface area contributed by atoms with E-state index in [0.717, 1.165) is 154 Å². The van der Waals surface area contributed by atoms with Gasteiger partial charge in [-0.05, 0) is 51.4 Å². The van der Waals surface area contributed by atoms with Crippen LogP contribution in [0.25, 0.3) is 0 Å². The van der Waals surface area contributed by atoms with Crippen LogP contribution < -0.4 is 90.2 Å². The molecule has 0 aliphatic carbocycles. The number of rotatable bonds is 85. The quantitative estimate of drug-likeness (QED) is 0.0143. The summed E-state index contributed by atoms with van der Waals surface area (Å²) in [6.07, 6.45) is 53.1. The summed E-state index contributed by atoms with van der Waals surface area (Å²) in [5, 5.41) is 32.0. The van der Waals surface area contributed by atoms with Gasteiger partial charge in [0.25, 0.3) is 15.6 Å². The minimum absolute atomic E-state index is 0. The zero-order chi connectivity index (χ0) is 80.2. The molecule has 0 aromatic heterocycles. The average molecular weight is 1640 g/mol.